The minimum Gasteiger partial charge on any atom is -0.497 e. The third-order valence-electron chi connectivity index (χ3n) is 8.07. The second-order valence-corrected chi connectivity index (χ2v) is 12.5. The highest BCUT2D eigenvalue weighted by Crippen LogP contribution is 2.41. The van der Waals surface area contributed by atoms with Crippen LogP contribution in [-0.2, 0) is 23.4 Å². The largest absolute Gasteiger partial charge is 0.497 e. The van der Waals surface area contributed by atoms with Crippen molar-refractivity contribution in [2.75, 3.05) is 44.7 Å². The Morgan fingerprint density at radius 3 is 2.49 bits per heavy atom. The van der Waals surface area contributed by atoms with Crippen LogP contribution in [0.25, 0.3) is 10.9 Å². The molecular formula is C30H33FN6O7S. The molecule has 2 aliphatic rings. The predicted molar refractivity (Wildman–Crippen MR) is 164 cm³/mol. The molecular weight excluding hydrogens is 607 g/mol. The Balaban J connectivity index is 1.51. The Bertz CT molecular complexity index is 1960. The first-order chi connectivity index (χ1) is 21.6. The van der Waals surface area contributed by atoms with Crippen LogP contribution < -0.4 is 28.8 Å². The van der Waals surface area contributed by atoms with Gasteiger partial charge in [-0.3, -0.25) is 9.59 Å². The van der Waals surface area contributed by atoms with Gasteiger partial charge in [-0.1, -0.05) is 18.2 Å². The SMILES string of the molecule is CCN1CC(C)n2c(c(OC)c3c(=O)n(Cc4ccc(F)cc4OCc4ccc(OC)cc4)nc(N4CCNS4(=O)=O)c32)C1=O. The number of anilines is 1. The van der Waals surface area contributed by atoms with Crippen molar-refractivity contribution in [1.29, 1.82) is 0 Å². The zero-order valence-corrected chi connectivity index (χ0v) is 26.1. The van der Waals surface area contributed by atoms with Crippen LogP contribution in [0.1, 0.15) is 41.5 Å². The monoisotopic (exact) mass is 640 g/mol. The van der Waals surface area contributed by atoms with Crippen LogP contribution in [0, 0.1) is 5.82 Å². The number of halogens is 1. The topological polar surface area (TPSA) is 137 Å². The van der Waals surface area contributed by atoms with Gasteiger partial charge in [0, 0.05) is 37.3 Å². The van der Waals surface area contributed by atoms with Gasteiger partial charge >= 0.3 is 10.2 Å². The highest BCUT2D eigenvalue weighted by molar-refractivity contribution is 7.91. The van der Waals surface area contributed by atoms with Gasteiger partial charge in [-0.15, -0.1) is 5.10 Å². The van der Waals surface area contributed by atoms with Gasteiger partial charge in [0.25, 0.3) is 11.5 Å². The normalized spacial score (nSPS) is 17.5. The smallest absolute Gasteiger partial charge is 0.302 e. The van der Waals surface area contributed by atoms with Gasteiger partial charge in [0.05, 0.1) is 27.3 Å². The fourth-order valence-electron chi connectivity index (χ4n) is 5.87. The van der Waals surface area contributed by atoms with Crippen molar-refractivity contribution in [2.45, 2.75) is 33.0 Å². The number of aromatic nitrogens is 3. The number of rotatable bonds is 9. The summed E-state index contributed by atoms with van der Waals surface area (Å²) in [7, 11) is -1.06. The number of carbonyl (C=O) groups is 1. The summed E-state index contributed by atoms with van der Waals surface area (Å²) in [5.74, 6) is 0.00807. The maximum Gasteiger partial charge on any atom is 0.302 e. The fourth-order valence-corrected chi connectivity index (χ4v) is 7.06. The number of carbonyl (C=O) groups excluding carboxylic acids is 1. The molecule has 1 amide bonds. The zero-order valence-electron chi connectivity index (χ0n) is 25.2. The molecule has 1 N–H and O–H groups in total. The predicted octanol–water partition coefficient (Wildman–Crippen LogP) is 2.67. The first-order valence-electron chi connectivity index (χ1n) is 14.4. The highest BCUT2D eigenvalue weighted by atomic mass is 32.2. The minimum atomic E-state index is -3.99. The molecule has 0 radical (unpaired) electrons. The van der Waals surface area contributed by atoms with Gasteiger partial charge < -0.3 is 23.7 Å². The van der Waals surface area contributed by atoms with Gasteiger partial charge in [0.15, 0.2) is 17.3 Å². The number of ether oxygens (including phenoxy) is 3. The van der Waals surface area contributed by atoms with Crippen LogP contribution in [0.4, 0.5) is 10.2 Å². The molecule has 4 heterocycles. The molecule has 2 aromatic carbocycles. The lowest BCUT2D eigenvalue weighted by atomic mass is 10.2. The molecule has 0 spiro atoms. The lowest BCUT2D eigenvalue weighted by molar-refractivity contribution is 0.0685. The maximum absolute atomic E-state index is 14.4. The van der Waals surface area contributed by atoms with Gasteiger partial charge in [0.2, 0.25) is 0 Å². The van der Waals surface area contributed by atoms with E-state index in [-0.39, 0.29) is 72.1 Å². The molecule has 1 saturated heterocycles. The molecule has 1 atom stereocenters. The zero-order chi connectivity index (χ0) is 32.0. The van der Waals surface area contributed by atoms with Crippen LogP contribution >= 0.6 is 0 Å². The van der Waals surface area contributed by atoms with Crippen LogP contribution in [-0.4, -0.2) is 74.0 Å². The van der Waals surface area contributed by atoms with Crippen molar-refractivity contribution in [1.82, 2.24) is 24.0 Å². The van der Waals surface area contributed by atoms with E-state index < -0.39 is 21.6 Å². The summed E-state index contributed by atoms with van der Waals surface area (Å²) >= 11 is 0. The third-order valence-corrected chi connectivity index (χ3v) is 9.57. The number of hydrogen-bond acceptors (Lipinski definition) is 8. The first-order valence-corrected chi connectivity index (χ1v) is 15.9. The number of likely N-dealkylation sites (N-methyl/N-ethyl adjacent to an activating group) is 1. The molecule has 0 saturated carbocycles. The van der Waals surface area contributed by atoms with Crippen molar-refractivity contribution < 1.29 is 31.8 Å². The second kappa shape index (κ2) is 11.7. The van der Waals surface area contributed by atoms with Crippen LogP contribution in [0.2, 0.25) is 0 Å². The number of hydrogen-bond donors (Lipinski definition) is 1. The van der Waals surface area contributed by atoms with Gasteiger partial charge in [-0.25, -0.2) is 13.4 Å². The van der Waals surface area contributed by atoms with E-state index in [1.807, 2.05) is 26.0 Å². The van der Waals surface area contributed by atoms with Crippen LogP contribution in [0.5, 0.6) is 17.2 Å². The van der Waals surface area contributed by atoms with E-state index in [1.54, 1.807) is 28.7 Å². The molecule has 4 aromatic rings. The highest BCUT2D eigenvalue weighted by Gasteiger charge is 2.40. The van der Waals surface area contributed by atoms with Gasteiger partial charge in [-0.05, 0) is 37.6 Å². The summed E-state index contributed by atoms with van der Waals surface area (Å²) in [6, 6.07) is 10.8. The van der Waals surface area contributed by atoms with Crippen molar-refractivity contribution in [3.05, 3.63) is 75.5 Å². The number of amides is 1. The Kier molecular flexibility index (Phi) is 7.91. The Morgan fingerprint density at radius 1 is 1.09 bits per heavy atom. The third kappa shape index (κ3) is 5.25. The molecule has 1 unspecified atom stereocenters. The van der Waals surface area contributed by atoms with Crippen LogP contribution in [0.15, 0.2) is 47.3 Å². The Hall–Kier alpha value is -4.63. The number of fused-ring (bicyclic) bond motifs is 3. The molecule has 0 aliphatic carbocycles. The van der Waals surface area contributed by atoms with Crippen LogP contribution in [0.3, 0.4) is 0 Å². The molecule has 15 heteroatoms. The Morgan fingerprint density at radius 2 is 1.84 bits per heavy atom. The standard InChI is InChI=1S/C30H33FN6O7S/c1-5-34-15-18(2)37-25-24(27(43-4)26(37)30(34)39)29(38)35(33-28(25)36-13-12-32-45(36,40)41)16-20-8-9-21(31)14-23(20)44-17-19-6-10-22(42-3)11-7-19/h6-11,14,18,32H,5,12-13,15-17H2,1-4H3. The summed E-state index contributed by atoms with van der Waals surface area (Å²) in [6.07, 6.45) is 0. The number of nitrogens with one attached hydrogen (secondary N) is 1. The molecule has 2 aromatic heterocycles. The summed E-state index contributed by atoms with van der Waals surface area (Å²) in [5, 5.41) is 4.60. The van der Waals surface area contributed by atoms with E-state index in [2.05, 4.69) is 9.82 Å². The average molecular weight is 641 g/mol. The van der Waals surface area contributed by atoms with E-state index in [1.165, 1.54) is 25.3 Å². The van der Waals surface area contributed by atoms with E-state index >= 15 is 0 Å². The maximum atomic E-state index is 14.4. The summed E-state index contributed by atoms with van der Waals surface area (Å²) in [6.45, 7) is 4.65. The molecule has 6 rings (SSSR count). The number of nitrogens with zero attached hydrogens (tertiary/aromatic N) is 5. The van der Waals surface area contributed by atoms with Gasteiger partial charge in [0.1, 0.15) is 34.8 Å². The van der Waals surface area contributed by atoms with Crippen molar-refractivity contribution >= 4 is 32.8 Å². The van der Waals surface area contributed by atoms with Crippen molar-refractivity contribution in [2.24, 2.45) is 0 Å². The number of methoxy groups -OCH3 is 2. The van der Waals surface area contributed by atoms with E-state index in [0.717, 1.165) is 14.6 Å². The van der Waals surface area contributed by atoms with Gasteiger partial charge in [-0.2, -0.15) is 13.1 Å². The van der Waals surface area contributed by atoms with E-state index in [4.69, 9.17) is 14.2 Å². The lowest BCUT2D eigenvalue weighted by Crippen LogP contribution is -2.42. The van der Waals surface area contributed by atoms with Crippen molar-refractivity contribution in [3.63, 3.8) is 0 Å². The quantitative estimate of drug-likeness (QED) is 0.295. The molecule has 2 aliphatic heterocycles. The number of benzene rings is 2. The summed E-state index contributed by atoms with van der Waals surface area (Å²) in [4.78, 5) is 29.4. The summed E-state index contributed by atoms with van der Waals surface area (Å²) in [5.41, 5.74) is 0.978. The van der Waals surface area contributed by atoms with Crippen molar-refractivity contribution in [3.8, 4) is 17.2 Å². The lowest BCUT2D eigenvalue weighted by Gasteiger charge is -2.33. The first kappa shape index (κ1) is 30.4. The fraction of sp³-hybridized carbons (Fsp3) is 0.367. The molecule has 0 bridgehead atoms. The summed E-state index contributed by atoms with van der Waals surface area (Å²) < 4.78 is 63.8. The molecule has 45 heavy (non-hydrogen) atoms. The minimum absolute atomic E-state index is 0.0217. The second-order valence-electron chi connectivity index (χ2n) is 10.8. The molecule has 238 valence electrons. The van der Waals surface area contributed by atoms with E-state index in [0.29, 0.717) is 24.4 Å². The van der Waals surface area contributed by atoms with E-state index in [9.17, 15) is 22.4 Å². The molecule has 1 fully saturated rings. The average Bonchev–Trinajstić information content (AvgIpc) is 3.58. The Labute approximate surface area is 258 Å². The molecule has 13 nitrogen and oxygen atoms in total.